The lowest BCUT2D eigenvalue weighted by atomic mass is 10.1. The van der Waals surface area contributed by atoms with Gasteiger partial charge in [0.2, 0.25) is 5.91 Å². The Kier molecular flexibility index (Phi) is 6.35. The van der Waals surface area contributed by atoms with Crippen LogP contribution in [0.4, 0.5) is 0 Å². The molecule has 0 spiro atoms. The molecule has 32 heavy (non-hydrogen) atoms. The van der Waals surface area contributed by atoms with Crippen molar-refractivity contribution < 1.29 is 19.0 Å². The van der Waals surface area contributed by atoms with Crippen molar-refractivity contribution in [2.24, 2.45) is 0 Å². The van der Waals surface area contributed by atoms with E-state index in [1.807, 2.05) is 68.0 Å². The van der Waals surface area contributed by atoms with Crippen LogP contribution in [0, 0.1) is 13.8 Å². The second-order valence-electron chi connectivity index (χ2n) is 7.99. The molecule has 0 saturated heterocycles. The number of nitrogens with zero attached hydrogens (tertiary/aromatic N) is 3. The zero-order valence-electron chi connectivity index (χ0n) is 19.1. The zero-order valence-corrected chi connectivity index (χ0v) is 19.1. The zero-order chi connectivity index (χ0) is 22.7. The average molecular weight is 436 g/mol. The van der Waals surface area contributed by atoms with E-state index in [0.717, 1.165) is 45.5 Å². The number of carbonyl (C=O) groups excluding carboxylic acids is 1. The summed E-state index contributed by atoms with van der Waals surface area (Å²) in [6.07, 6.45) is 1.07. The molecule has 0 saturated carbocycles. The predicted molar refractivity (Wildman–Crippen MR) is 122 cm³/mol. The highest BCUT2D eigenvalue weighted by Crippen LogP contribution is 2.31. The van der Waals surface area contributed by atoms with Crippen molar-refractivity contribution in [1.29, 1.82) is 0 Å². The number of methoxy groups -OCH3 is 1. The molecule has 0 atom stereocenters. The lowest BCUT2D eigenvalue weighted by Crippen LogP contribution is -2.26. The largest absolute Gasteiger partial charge is 0.497 e. The van der Waals surface area contributed by atoms with Crippen molar-refractivity contribution in [2.45, 2.75) is 33.2 Å². The number of hydrogen-bond donors (Lipinski definition) is 0. The number of amides is 1. The molecule has 1 aliphatic rings. The van der Waals surface area contributed by atoms with Gasteiger partial charge in [0.1, 0.15) is 19.0 Å². The van der Waals surface area contributed by atoms with E-state index in [1.54, 1.807) is 12.0 Å². The van der Waals surface area contributed by atoms with Crippen LogP contribution in [0.5, 0.6) is 17.2 Å². The lowest BCUT2D eigenvalue weighted by molar-refractivity contribution is -0.130. The van der Waals surface area contributed by atoms with E-state index < -0.39 is 0 Å². The summed E-state index contributed by atoms with van der Waals surface area (Å²) in [5, 5.41) is 4.70. The third-order valence-corrected chi connectivity index (χ3v) is 5.78. The van der Waals surface area contributed by atoms with Crippen molar-refractivity contribution in [3.05, 3.63) is 65.0 Å². The normalized spacial score (nSPS) is 12.5. The number of fused-ring (bicyclic) bond motifs is 1. The summed E-state index contributed by atoms with van der Waals surface area (Å²) < 4.78 is 18.5. The van der Waals surface area contributed by atoms with E-state index in [9.17, 15) is 4.79 Å². The molecular weight excluding hydrogens is 406 g/mol. The molecule has 0 unspecified atom stereocenters. The summed E-state index contributed by atoms with van der Waals surface area (Å²) in [4.78, 5) is 14.6. The van der Waals surface area contributed by atoms with Crippen LogP contribution in [-0.2, 0) is 17.8 Å². The minimum Gasteiger partial charge on any atom is -0.497 e. The molecule has 0 bridgehead atoms. The first-order valence-electron chi connectivity index (χ1n) is 10.8. The highest BCUT2D eigenvalue weighted by molar-refractivity contribution is 5.76. The molecule has 0 N–H and O–H groups in total. The molecule has 2 heterocycles. The lowest BCUT2D eigenvalue weighted by Gasteiger charge is -2.21. The van der Waals surface area contributed by atoms with Crippen LogP contribution >= 0.6 is 0 Å². The molecule has 7 heteroatoms. The summed E-state index contributed by atoms with van der Waals surface area (Å²) in [6, 6.07) is 13.6. The van der Waals surface area contributed by atoms with E-state index in [0.29, 0.717) is 32.6 Å². The first-order chi connectivity index (χ1) is 15.5. The number of ether oxygens (including phenoxy) is 3. The number of carbonyl (C=O) groups is 1. The number of rotatable bonds is 7. The Hall–Kier alpha value is -3.48. The van der Waals surface area contributed by atoms with Gasteiger partial charge in [0, 0.05) is 31.8 Å². The van der Waals surface area contributed by atoms with Gasteiger partial charge < -0.3 is 19.1 Å². The van der Waals surface area contributed by atoms with Crippen molar-refractivity contribution in [1.82, 2.24) is 14.7 Å². The van der Waals surface area contributed by atoms with E-state index in [4.69, 9.17) is 19.3 Å². The molecule has 0 radical (unpaired) electrons. The van der Waals surface area contributed by atoms with Crippen LogP contribution in [-0.4, -0.2) is 48.0 Å². The Morgan fingerprint density at radius 3 is 2.69 bits per heavy atom. The third kappa shape index (κ3) is 4.56. The fraction of sp³-hybridized carbons (Fsp3) is 0.360. The summed E-state index contributed by atoms with van der Waals surface area (Å²) in [7, 11) is 3.48. The van der Waals surface area contributed by atoms with Gasteiger partial charge in [-0.3, -0.25) is 4.79 Å². The quantitative estimate of drug-likeness (QED) is 0.564. The number of aromatic nitrogens is 2. The van der Waals surface area contributed by atoms with Crippen LogP contribution in [0.2, 0.25) is 0 Å². The van der Waals surface area contributed by atoms with Gasteiger partial charge in [-0.1, -0.05) is 12.1 Å². The summed E-state index contributed by atoms with van der Waals surface area (Å²) >= 11 is 0. The van der Waals surface area contributed by atoms with E-state index in [2.05, 4.69) is 0 Å². The van der Waals surface area contributed by atoms with Gasteiger partial charge in [0.05, 0.1) is 18.5 Å². The van der Waals surface area contributed by atoms with Gasteiger partial charge in [0.25, 0.3) is 0 Å². The maximum absolute atomic E-state index is 12.8. The van der Waals surface area contributed by atoms with Crippen molar-refractivity contribution in [3.63, 3.8) is 0 Å². The van der Waals surface area contributed by atoms with Crippen LogP contribution in [0.25, 0.3) is 5.69 Å². The second kappa shape index (κ2) is 9.34. The van der Waals surface area contributed by atoms with Crippen LogP contribution in [0.3, 0.4) is 0 Å². The molecule has 0 aliphatic carbocycles. The van der Waals surface area contributed by atoms with E-state index >= 15 is 0 Å². The predicted octanol–water partition coefficient (Wildman–Crippen LogP) is 3.86. The molecular formula is C25H29N3O4. The Bertz CT molecular complexity index is 1120. The summed E-state index contributed by atoms with van der Waals surface area (Å²) in [5.41, 5.74) is 5.04. The average Bonchev–Trinajstić information content (AvgIpc) is 3.10. The monoisotopic (exact) mass is 435 g/mol. The summed E-state index contributed by atoms with van der Waals surface area (Å²) in [6.45, 7) is 5.67. The molecule has 1 aromatic heterocycles. The van der Waals surface area contributed by atoms with Gasteiger partial charge in [0.15, 0.2) is 11.5 Å². The summed E-state index contributed by atoms with van der Waals surface area (Å²) in [5.74, 6) is 2.37. The molecule has 0 fully saturated rings. The van der Waals surface area contributed by atoms with Crippen LogP contribution < -0.4 is 14.2 Å². The smallest absolute Gasteiger partial charge is 0.222 e. The van der Waals surface area contributed by atoms with E-state index in [1.165, 1.54) is 0 Å². The van der Waals surface area contributed by atoms with Crippen LogP contribution in [0.1, 0.15) is 28.9 Å². The van der Waals surface area contributed by atoms with Crippen molar-refractivity contribution in [2.75, 3.05) is 27.4 Å². The Labute approximate surface area is 188 Å². The van der Waals surface area contributed by atoms with Crippen molar-refractivity contribution >= 4 is 5.91 Å². The molecule has 1 amide bonds. The number of aryl methyl sites for hydroxylation is 1. The van der Waals surface area contributed by atoms with Gasteiger partial charge in [-0.25, -0.2) is 4.68 Å². The minimum absolute atomic E-state index is 0.0906. The molecule has 7 nitrogen and oxygen atoms in total. The fourth-order valence-corrected chi connectivity index (χ4v) is 4.00. The second-order valence-corrected chi connectivity index (χ2v) is 7.99. The molecule has 4 rings (SSSR count). The maximum Gasteiger partial charge on any atom is 0.222 e. The Morgan fingerprint density at radius 1 is 1.12 bits per heavy atom. The first kappa shape index (κ1) is 21.7. The van der Waals surface area contributed by atoms with Gasteiger partial charge in [-0.05, 0) is 55.7 Å². The van der Waals surface area contributed by atoms with Gasteiger partial charge >= 0.3 is 0 Å². The van der Waals surface area contributed by atoms with E-state index in [-0.39, 0.29) is 5.91 Å². The number of benzene rings is 2. The highest BCUT2D eigenvalue weighted by atomic mass is 16.6. The van der Waals surface area contributed by atoms with Crippen molar-refractivity contribution in [3.8, 4) is 22.9 Å². The number of hydrogen-bond acceptors (Lipinski definition) is 5. The fourth-order valence-electron chi connectivity index (χ4n) is 4.00. The SMILES string of the molecule is COc1cccc(-n2nc(C)c(CCC(=O)N(C)Cc3ccc4c(c3)OCCO4)c2C)c1. The first-order valence-corrected chi connectivity index (χ1v) is 10.8. The highest BCUT2D eigenvalue weighted by Gasteiger charge is 2.17. The molecule has 168 valence electrons. The molecule has 2 aromatic carbocycles. The minimum atomic E-state index is 0.0906. The third-order valence-electron chi connectivity index (χ3n) is 5.78. The van der Waals surface area contributed by atoms with Crippen LogP contribution in [0.15, 0.2) is 42.5 Å². The Balaban J connectivity index is 1.41. The van der Waals surface area contributed by atoms with Gasteiger partial charge in [-0.15, -0.1) is 0 Å². The standard InChI is InChI=1S/C25H29N3O4/c1-17-22(18(2)28(26-17)20-6-5-7-21(15-20)30-4)9-11-25(29)27(3)16-19-8-10-23-24(14-19)32-13-12-31-23/h5-8,10,14-15H,9,11-13,16H2,1-4H3. The maximum atomic E-state index is 12.8. The van der Waals surface area contributed by atoms with Gasteiger partial charge in [-0.2, -0.15) is 5.10 Å². The Morgan fingerprint density at radius 2 is 1.91 bits per heavy atom. The molecule has 1 aliphatic heterocycles. The molecule has 3 aromatic rings. The topological polar surface area (TPSA) is 65.8 Å².